The van der Waals surface area contributed by atoms with Crippen LogP contribution in [0.25, 0.3) is 11.1 Å². The Morgan fingerprint density at radius 1 is 1.32 bits per heavy atom. The van der Waals surface area contributed by atoms with Crippen LogP contribution in [-0.2, 0) is 7.05 Å². The molecule has 0 saturated heterocycles. The molecule has 146 valence electrons. The molecule has 28 heavy (non-hydrogen) atoms. The van der Waals surface area contributed by atoms with E-state index in [1.54, 1.807) is 39.2 Å². The van der Waals surface area contributed by atoms with Crippen LogP contribution in [0.15, 0.2) is 45.7 Å². The van der Waals surface area contributed by atoms with E-state index in [-0.39, 0.29) is 29.3 Å². The van der Waals surface area contributed by atoms with E-state index in [0.717, 1.165) is 12.3 Å². The lowest BCUT2D eigenvalue weighted by atomic mass is 10.1. The molecule has 3 rings (SSSR count). The fourth-order valence-electron chi connectivity index (χ4n) is 2.87. The highest BCUT2D eigenvalue weighted by Gasteiger charge is 2.21. The van der Waals surface area contributed by atoms with Gasteiger partial charge in [0.1, 0.15) is 11.5 Å². The van der Waals surface area contributed by atoms with Gasteiger partial charge >= 0.3 is 5.76 Å². The van der Waals surface area contributed by atoms with E-state index in [1.807, 2.05) is 0 Å². The normalized spacial score (nSPS) is 12.0. The Morgan fingerprint density at radius 3 is 2.75 bits per heavy atom. The minimum atomic E-state index is -0.551. The topological polar surface area (TPSA) is 97.4 Å². The minimum absolute atomic E-state index is 0.0815. The van der Waals surface area contributed by atoms with Crippen molar-refractivity contribution in [1.29, 1.82) is 0 Å². The predicted octanol–water partition coefficient (Wildman–Crippen LogP) is 1.56. The zero-order valence-corrected chi connectivity index (χ0v) is 15.6. The van der Waals surface area contributed by atoms with Crippen molar-refractivity contribution in [2.45, 2.75) is 13.0 Å². The first-order valence-electron chi connectivity index (χ1n) is 8.54. The van der Waals surface area contributed by atoms with Crippen LogP contribution in [0.5, 0.6) is 0 Å². The lowest BCUT2D eigenvalue weighted by Crippen LogP contribution is -2.43. The smallest absolute Gasteiger partial charge is 0.407 e. The van der Waals surface area contributed by atoms with Crippen LogP contribution in [0, 0.1) is 5.82 Å². The molecule has 9 heteroatoms. The van der Waals surface area contributed by atoms with Gasteiger partial charge in [0.2, 0.25) is 0 Å². The fraction of sp³-hybridized carbons (Fsp3) is 0.263. The van der Waals surface area contributed by atoms with Crippen LogP contribution in [-0.4, -0.2) is 45.9 Å². The molecular weight excluding hydrogens is 367 g/mol. The first-order chi connectivity index (χ1) is 13.3. The van der Waals surface area contributed by atoms with Crippen LogP contribution in [0.2, 0.25) is 0 Å². The van der Waals surface area contributed by atoms with E-state index in [1.165, 1.54) is 15.5 Å². The summed E-state index contributed by atoms with van der Waals surface area (Å²) in [5.74, 6) is -1.90. The molecule has 2 amide bonds. The summed E-state index contributed by atoms with van der Waals surface area (Å²) in [7, 11) is 3.15. The second kappa shape index (κ2) is 7.63. The van der Waals surface area contributed by atoms with Gasteiger partial charge < -0.3 is 14.6 Å². The molecule has 1 N–H and O–H groups in total. The van der Waals surface area contributed by atoms with Crippen molar-refractivity contribution in [3.05, 3.63) is 64.2 Å². The number of halogens is 1. The lowest BCUT2D eigenvalue weighted by molar-refractivity contribution is 0.0769. The molecule has 0 aliphatic heterocycles. The van der Waals surface area contributed by atoms with Crippen molar-refractivity contribution in [1.82, 2.24) is 19.8 Å². The molecule has 2 aromatic heterocycles. The number of carbonyl (C=O) groups excluding carboxylic acids is 2. The number of carbonyl (C=O) groups is 2. The number of likely N-dealkylation sites (N-methyl/N-ethyl adjacent to an activating group) is 1. The number of aryl methyl sites for hydroxylation is 1. The maximum atomic E-state index is 12.9. The maximum absolute atomic E-state index is 12.9. The Bertz CT molecular complexity index is 1090. The summed E-state index contributed by atoms with van der Waals surface area (Å²) < 4.78 is 19.4. The number of amides is 2. The van der Waals surface area contributed by atoms with Crippen LogP contribution in [0.4, 0.5) is 4.39 Å². The van der Waals surface area contributed by atoms with Gasteiger partial charge in [0, 0.05) is 26.7 Å². The number of hydrogen-bond donors (Lipinski definition) is 1. The van der Waals surface area contributed by atoms with Gasteiger partial charge in [-0.3, -0.25) is 14.2 Å². The molecule has 0 radical (unpaired) electrons. The largest absolute Gasteiger partial charge is 0.419 e. The number of aromatic nitrogens is 2. The van der Waals surface area contributed by atoms with Gasteiger partial charge in [-0.05, 0) is 31.2 Å². The van der Waals surface area contributed by atoms with Crippen molar-refractivity contribution in [3.8, 4) is 0 Å². The second-order valence-corrected chi connectivity index (χ2v) is 6.50. The molecule has 0 bridgehead atoms. The molecule has 8 nitrogen and oxygen atoms in total. The van der Waals surface area contributed by atoms with E-state index in [4.69, 9.17) is 4.42 Å². The van der Waals surface area contributed by atoms with Crippen molar-refractivity contribution in [2.75, 3.05) is 13.6 Å². The Balaban J connectivity index is 1.70. The quantitative estimate of drug-likeness (QED) is 0.718. The first-order valence-corrected chi connectivity index (χ1v) is 8.54. The van der Waals surface area contributed by atoms with Crippen molar-refractivity contribution in [2.24, 2.45) is 7.05 Å². The molecule has 1 unspecified atom stereocenters. The summed E-state index contributed by atoms with van der Waals surface area (Å²) in [6.45, 7) is 1.94. The number of nitrogens with one attached hydrogen (secondary N) is 1. The van der Waals surface area contributed by atoms with Crippen molar-refractivity contribution >= 4 is 22.9 Å². The Morgan fingerprint density at radius 2 is 2.07 bits per heavy atom. The number of benzene rings is 1. The minimum Gasteiger partial charge on any atom is -0.407 e. The number of para-hydroxylation sites is 1. The number of nitrogens with zero attached hydrogens (tertiary/aromatic N) is 3. The zero-order chi connectivity index (χ0) is 20.4. The van der Waals surface area contributed by atoms with E-state index in [2.05, 4.69) is 10.3 Å². The molecule has 0 aliphatic carbocycles. The van der Waals surface area contributed by atoms with Crippen LogP contribution in [0.1, 0.15) is 27.8 Å². The summed E-state index contributed by atoms with van der Waals surface area (Å²) in [5.41, 5.74) is 1.08. The number of pyridine rings is 1. The monoisotopic (exact) mass is 386 g/mol. The van der Waals surface area contributed by atoms with Crippen LogP contribution < -0.4 is 11.1 Å². The SMILES string of the molecule is CC(CN(C)C(=O)c1cccc2c1oc(=O)n2C)NC(=O)c1ccc(F)cn1. The molecular formula is C19H19FN4O4. The summed E-state index contributed by atoms with van der Waals surface area (Å²) >= 11 is 0. The van der Waals surface area contributed by atoms with Crippen LogP contribution >= 0.6 is 0 Å². The van der Waals surface area contributed by atoms with E-state index < -0.39 is 23.5 Å². The third kappa shape index (κ3) is 3.78. The van der Waals surface area contributed by atoms with Gasteiger partial charge in [-0.15, -0.1) is 0 Å². The molecule has 0 saturated carbocycles. The van der Waals surface area contributed by atoms with Gasteiger partial charge in [-0.2, -0.15) is 0 Å². The third-order valence-electron chi connectivity index (χ3n) is 4.28. The number of rotatable bonds is 5. The highest BCUT2D eigenvalue weighted by atomic mass is 19.1. The molecule has 1 aromatic carbocycles. The van der Waals surface area contributed by atoms with E-state index in [9.17, 15) is 18.8 Å². The number of fused-ring (bicyclic) bond motifs is 1. The second-order valence-electron chi connectivity index (χ2n) is 6.50. The van der Waals surface area contributed by atoms with Gasteiger partial charge in [-0.1, -0.05) is 6.07 Å². The van der Waals surface area contributed by atoms with E-state index in [0.29, 0.717) is 5.52 Å². The standard InChI is InChI=1S/C19H19FN4O4/c1-11(22-17(25)14-8-7-12(20)9-21-14)10-23(2)18(26)13-5-4-6-15-16(13)28-19(27)24(15)3/h4-9,11H,10H2,1-3H3,(H,22,25). The number of hydrogen-bond acceptors (Lipinski definition) is 5. The maximum Gasteiger partial charge on any atom is 0.419 e. The highest BCUT2D eigenvalue weighted by Crippen LogP contribution is 2.18. The van der Waals surface area contributed by atoms with E-state index >= 15 is 0 Å². The zero-order valence-electron chi connectivity index (χ0n) is 15.6. The average Bonchev–Trinajstić information content (AvgIpc) is 2.95. The summed E-state index contributed by atoms with van der Waals surface area (Å²) in [4.78, 5) is 41.8. The first kappa shape index (κ1) is 19.3. The van der Waals surface area contributed by atoms with Gasteiger partial charge in [-0.25, -0.2) is 14.2 Å². The molecule has 0 aliphatic rings. The molecule has 0 fully saturated rings. The number of oxazole rings is 1. The molecule has 3 aromatic rings. The van der Waals surface area contributed by atoms with Crippen molar-refractivity contribution < 1.29 is 18.4 Å². The summed E-state index contributed by atoms with van der Waals surface area (Å²) in [6, 6.07) is 6.98. The molecule has 2 heterocycles. The Kier molecular flexibility index (Phi) is 5.25. The summed E-state index contributed by atoms with van der Waals surface area (Å²) in [5, 5.41) is 2.71. The van der Waals surface area contributed by atoms with Crippen molar-refractivity contribution in [3.63, 3.8) is 0 Å². The lowest BCUT2D eigenvalue weighted by Gasteiger charge is -2.22. The Labute approximate surface area is 159 Å². The highest BCUT2D eigenvalue weighted by molar-refractivity contribution is 6.04. The van der Waals surface area contributed by atoms with Gasteiger partial charge in [0.25, 0.3) is 11.8 Å². The molecule has 0 spiro atoms. The van der Waals surface area contributed by atoms with Gasteiger partial charge in [0.15, 0.2) is 5.58 Å². The average molecular weight is 386 g/mol. The molecule has 1 atom stereocenters. The summed E-state index contributed by atoms with van der Waals surface area (Å²) in [6.07, 6.45) is 0.962. The van der Waals surface area contributed by atoms with Gasteiger partial charge in [0.05, 0.1) is 17.3 Å². The third-order valence-corrected chi connectivity index (χ3v) is 4.28. The predicted molar refractivity (Wildman–Crippen MR) is 99.5 cm³/mol. The van der Waals surface area contributed by atoms with Crippen LogP contribution in [0.3, 0.4) is 0 Å². The Hall–Kier alpha value is -3.49. The fourth-order valence-corrected chi connectivity index (χ4v) is 2.87.